The molecule has 0 aromatic heterocycles. The molecule has 1 fully saturated rings. The SMILES string of the molecule is N#C[C@@H]1[C@H](c2ccccc2-c2cccc(F)c2)[C@H](CO)N1C(=O)Nc1cc(F)ccc1F. The fourth-order valence-corrected chi connectivity index (χ4v) is 4.14. The minimum atomic E-state index is -0.974. The van der Waals surface area contributed by atoms with Crippen LogP contribution in [0.5, 0.6) is 0 Å². The van der Waals surface area contributed by atoms with Gasteiger partial charge in [0.05, 0.1) is 24.4 Å². The van der Waals surface area contributed by atoms with E-state index in [9.17, 15) is 28.3 Å². The maximum absolute atomic E-state index is 13.9. The maximum atomic E-state index is 13.9. The van der Waals surface area contributed by atoms with Crippen LogP contribution in [-0.2, 0) is 0 Å². The van der Waals surface area contributed by atoms with Crippen LogP contribution in [0.3, 0.4) is 0 Å². The molecule has 1 saturated heterocycles. The summed E-state index contributed by atoms with van der Waals surface area (Å²) in [4.78, 5) is 13.9. The zero-order valence-electron chi connectivity index (χ0n) is 16.7. The molecule has 162 valence electrons. The summed E-state index contributed by atoms with van der Waals surface area (Å²) in [6.07, 6.45) is 0. The van der Waals surface area contributed by atoms with Crippen LogP contribution in [0.4, 0.5) is 23.7 Å². The lowest BCUT2D eigenvalue weighted by Crippen LogP contribution is -2.66. The van der Waals surface area contributed by atoms with Gasteiger partial charge in [-0.05, 0) is 41.0 Å². The summed E-state index contributed by atoms with van der Waals surface area (Å²) < 4.78 is 41.2. The van der Waals surface area contributed by atoms with Crippen molar-refractivity contribution in [1.82, 2.24) is 4.90 Å². The van der Waals surface area contributed by atoms with Crippen LogP contribution in [0.2, 0.25) is 0 Å². The number of amides is 2. The quantitative estimate of drug-likeness (QED) is 0.624. The summed E-state index contributed by atoms with van der Waals surface area (Å²) in [7, 11) is 0. The minimum Gasteiger partial charge on any atom is -0.394 e. The Morgan fingerprint density at radius 3 is 2.50 bits per heavy atom. The number of rotatable bonds is 4. The number of benzene rings is 3. The van der Waals surface area contributed by atoms with Gasteiger partial charge in [-0.3, -0.25) is 0 Å². The molecule has 1 heterocycles. The van der Waals surface area contributed by atoms with Crippen molar-refractivity contribution in [3.8, 4) is 17.2 Å². The first-order valence-electron chi connectivity index (χ1n) is 9.84. The third kappa shape index (κ3) is 3.79. The Morgan fingerprint density at radius 1 is 1.03 bits per heavy atom. The van der Waals surface area contributed by atoms with Gasteiger partial charge >= 0.3 is 6.03 Å². The molecule has 1 aliphatic rings. The summed E-state index contributed by atoms with van der Waals surface area (Å²) in [5.74, 6) is -2.54. The lowest BCUT2D eigenvalue weighted by atomic mass is 9.73. The van der Waals surface area contributed by atoms with Gasteiger partial charge in [0, 0.05) is 12.0 Å². The number of hydrogen-bond donors (Lipinski definition) is 2. The summed E-state index contributed by atoms with van der Waals surface area (Å²) in [5.41, 5.74) is 1.57. The van der Waals surface area contributed by atoms with E-state index in [-0.39, 0.29) is 5.69 Å². The summed E-state index contributed by atoms with van der Waals surface area (Å²) in [5, 5.41) is 22.0. The van der Waals surface area contributed by atoms with E-state index in [0.29, 0.717) is 16.7 Å². The standard InChI is InChI=1S/C24H18F3N3O2/c25-15-5-3-4-14(10-15)17-6-1-2-7-18(17)23-21(12-28)30(22(23)13-31)24(32)29-20-11-16(26)8-9-19(20)27/h1-11,21-23,31H,13H2,(H,29,32)/t21-,22+,23+/m1/s1. The molecule has 3 aromatic rings. The third-order valence-corrected chi connectivity index (χ3v) is 5.59. The molecule has 3 aromatic carbocycles. The summed E-state index contributed by atoms with van der Waals surface area (Å²) in [6, 6.07) is 15.2. The highest BCUT2D eigenvalue weighted by Crippen LogP contribution is 2.44. The first-order valence-corrected chi connectivity index (χ1v) is 9.84. The van der Waals surface area contributed by atoms with Crippen molar-refractivity contribution < 1.29 is 23.1 Å². The summed E-state index contributed by atoms with van der Waals surface area (Å²) in [6.45, 7) is -0.459. The molecule has 8 heteroatoms. The number of nitrogens with zero attached hydrogens (tertiary/aromatic N) is 2. The molecule has 4 rings (SSSR count). The Kier molecular flexibility index (Phi) is 5.84. The average Bonchev–Trinajstić information content (AvgIpc) is 2.76. The van der Waals surface area contributed by atoms with Gasteiger partial charge in [0.2, 0.25) is 0 Å². The zero-order chi connectivity index (χ0) is 22.8. The monoisotopic (exact) mass is 437 g/mol. The van der Waals surface area contributed by atoms with Gasteiger partial charge in [0.25, 0.3) is 0 Å². The van der Waals surface area contributed by atoms with Gasteiger partial charge < -0.3 is 15.3 Å². The van der Waals surface area contributed by atoms with Crippen LogP contribution < -0.4 is 5.32 Å². The van der Waals surface area contributed by atoms with Gasteiger partial charge in [0.15, 0.2) is 0 Å². The van der Waals surface area contributed by atoms with E-state index in [1.165, 1.54) is 12.1 Å². The molecule has 0 unspecified atom stereocenters. The van der Waals surface area contributed by atoms with Gasteiger partial charge in [-0.2, -0.15) is 5.26 Å². The minimum absolute atomic E-state index is 0.369. The van der Waals surface area contributed by atoms with E-state index in [4.69, 9.17) is 0 Å². The van der Waals surface area contributed by atoms with E-state index in [0.717, 1.165) is 23.1 Å². The topological polar surface area (TPSA) is 76.4 Å². The van der Waals surface area contributed by atoms with E-state index in [2.05, 4.69) is 11.4 Å². The number of carbonyl (C=O) groups excluding carboxylic acids is 1. The molecule has 2 amide bonds. The Labute approximate surface area is 182 Å². The van der Waals surface area contributed by atoms with Crippen LogP contribution in [0.25, 0.3) is 11.1 Å². The number of likely N-dealkylation sites (tertiary alicyclic amines) is 1. The third-order valence-electron chi connectivity index (χ3n) is 5.59. The number of anilines is 1. The normalized spacial score (nSPS) is 19.7. The average molecular weight is 437 g/mol. The smallest absolute Gasteiger partial charge is 0.323 e. The first-order chi connectivity index (χ1) is 15.4. The first kappa shape index (κ1) is 21.4. The van der Waals surface area contributed by atoms with Crippen molar-refractivity contribution in [2.24, 2.45) is 0 Å². The molecule has 1 aliphatic heterocycles. The highest BCUT2D eigenvalue weighted by molar-refractivity contribution is 5.91. The van der Waals surface area contributed by atoms with Crippen molar-refractivity contribution in [3.63, 3.8) is 0 Å². The maximum Gasteiger partial charge on any atom is 0.323 e. The Balaban J connectivity index is 1.66. The van der Waals surface area contributed by atoms with Crippen LogP contribution in [0.15, 0.2) is 66.7 Å². The second-order valence-electron chi connectivity index (χ2n) is 7.41. The number of halogens is 3. The number of carbonyl (C=O) groups is 1. The van der Waals surface area contributed by atoms with E-state index in [1.807, 2.05) is 0 Å². The van der Waals surface area contributed by atoms with Crippen molar-refractivity contribution in [2.45, 2.75) is 18.0 Å². The van der Waals surface area contributed by atoms with E-state index >= 15 is 0 Å². The van der Waals surface area contributed by atoms with Gasteiger partial charge in [-0.25, -0.2) is 18.0 Å². The molecule has 2 N–H and O–H groups in total. The number of aliphatic hydroxyl groups is 1. The molecule has 3 atom stereocenters. The Bertz CT molecular complexity index is 1210. The largest absolute Gasteiger partial charge is 0.394 e. The Morgan fingerprint density at radius 2 is 1.78 bits per heavy atom. The molecule has 0 radical (unpaired) electrons. The van der Waals surface area contributed by atoms with Gasteiger partial charge in [0.1, 0.15) is 23.5 Å². The molecule has 0 bridgehead atoms. The predicted octanol–water partition coefficient (Wildman–Crippen LogP) is 4.66. The van der Waals surface area contributed by atoms with Crippen LogP contribution in [0.1, 0.15) is 11.5 Å². The van der Waals surface area contributed by atoms with Crippen molar-refractivity contribution in [3.05, 3.63) is 89.7 Å². The van der Waals surface area contributed by atoms with Crippen LogP contribution >= 0.6 is 0 Å². The fraction of sp³-hybridized carbons (Fsp3) is 0.167. The van der Waals surface area contributed by atoms with Crippen LogP contribution in [-0.4, -0.2) is 34.7 Å². The zero-order valence-corrected chi connectivity index (χ0v) is 16.7. The molecular formula is C24H18F3N3O2. The second-order valence-corrected chi connectivity index (χ2v) is 7.41. The number of urea groups is 1. The highest BCUT2D eigenvalue weighted by atomic mass is 19.1. The Hall–Kier alpha value is -3.83. The van der Waals surface area contributed by atoms with Crippen molar-refractivity contribution >= 4 is 11.7 Å². The molecule has 32 heavy (non-hydrogen) atoms. The molecule has 5 nitrogen and oxygen atoms in total. The number of aliphatic hydroxyl groups excluding tert-OH is 1. The molecule has 0 aliphatic carbocycles. The molecule has 0 saturated carbocycles. The van der Waals surface area contributed by atoms with Crippen LogP contribution in [0, 0.1) is 28.8 Å². The van der Waals surface area contributed by atoms with Gasteiger partial charge in [-0.1, -0.05) is 36.4 Å². The van der Waals surface area contributed by atoms with Crippen molar-refractivity contribution in [2.75, 3.05) is 11.9 Å². The lowest BCUT2D eigenvalue weighted by molar-refractivity contribution is 0.0225. The number of hydrogen-bond acceptors (Lipinski definition) is 3. The highest BCUT2D eigenvalue weighted by Gasteiger charge is 2.52. The molecule has 0 spiro atoms. The second kappa shape index (κ2) is 8.73. The van der Waals surface area contributed by atoms with Crippen molar-refractivity contribution in [1.29, 1.82) is 5.26 Å². The van der Waals surface area contributed by atoms with Gasteiger partial charge in [-0.15, -0.1) is 0 Å². The predicted molar refractivity (Wildman–Crippen MR) is 112 cm³/mol. The van der Waals surface area contributed by atoms with E-state index in [1.54, 1.807) is 36.4 Å². The lowest BCUT2D eigenvalue weighted by Gasteiger charge is -2.51. The number of nitriles is 1. The summed E-state index contributed by atoms with van der Waals surface area (Å²) >= 11 is 0. The number of nitrogens with one attached hydrogen (secondary N) is 1. The molecular weight excluding hydrogens is 419 g/mol. The van der Waals surface area contributed by atoms with E-state index < -0.39 is 48.1 Å². The fourth-order valence-electron chi connectivity index (χ4n) is 4.14.